The Morgan fingerprint density at radius 2 is 1.88 bits per heavy atom. The van der Waals surface area contributed by atoms with Crippen LogP contribution in [0.5, 0.6) is 0 Å². The molecule has 1 fully saturated rings. The van der Waals surface area contributed by atoms with Crippen LogP contribution in [-0.4, -0.2) is 39.3 Å². The van der Waals surface area contributed by atoms with Gasteiger partial charge in [0, 0.05) is 22.6 Å². The van der Waals surface area contributed by atoms with Crippen LogP contribution in [0.1, 0.15) is 35.6 Å². The van der Waals surface area contributed by atoms with Gasteiger partial charge in [0.1, 0.15) is 11.4 Å². The second-order valence-corrected chi connectivity index (χ2v) is 6.97. The Labute approximate surface area is 150 Å². The molecule has 0 spiro atoms. The van der Waals surface area contributed by atoms with Crippen molar-refractivity contribution in [2.75, 3.05) is 6.54 Å². The lowest BCUT2D eigenvalue weighted by atomic mass is 10.1. The molecule has 1 saturated heterocycles. The molecule has 26 heavy (non-hydrogen) atoms. The van der Waals surface area contributed by atoms with Gasteiger partial charge in [-0.3, -0.25) is 14.5 Å². The number of urea groups is 1. The summed E-state index contributed by atoms with van der Waals surface area (Å²) in [4.78, 5) is 37.9. The van der Waals surface area contributed by atoms with Crippen LogP contribution in [0, 0.1) is 19.7 Å². The Bertz CT molecular complexity index is 930. The van der Waals surface area contributed by atoms with E-state index in [2.05, 4.69) is 5.32 Å². The first-order valence-corrected chi connectivity index (χ1v) is 8.24. The summed E-state index contributed by atoms with van der Waals surface area (Å²) in [6.07, 6.45) is 0. The van der Waals surface area contributed by atoms with Gasteiger partial charge in [0.2, 0.25) is 0 Å². The summed E-state index contributed by atoms with van der Waals surface area (Å²) >= 11 is 0. The fourth-order valence-corrected chi connectivity index (χ4v) is 3.25. The number of nitrogens with zero attached hydrogens (tertiary/aromatic N) is 2. The van der Waals surface area contributed by atoms with Crippen molar-refractivity contribution in [3.8, 4) is 5.69 Å². The molecule has 0 unspecified atom stereocenters. The third-order valence-corrected chi connectivity index (χ3v) is 4.54. The number of ketones is 1. The highest BCUT2D eigenvalue weighted by molar-refractivity contribution is 6.11. The number of carbonyl (C=O) groups is 3. The normalized spacial score (nSPS) is 16.1. The Kier molecular flexibility index (Phi) is 4.18. The molecule has 0 atom stereocenters. The maximum atomic E-state index is 13.5. The highest BCUT2D eigenvalue weighted by atomic mass is 19.1. The van der Waals surface area contributed by atoms with E-state index in [1.807, 2.05) is 6.92 Å². The van der Waals surface area contributed by atoms with Gasteiger partial charge in [-0.05, 0) is 52.0 Å². The quantitative estimate of drug-likeness (QED) is 0.676. The summed E-state index contributed by atoms with van der Waals surface area (Å²) in [6.45, 7) is 6.41. The van der Waals surface area contributed by atoms with Crippen LogP contribution in [0.2, 0.25) is 0 Å². The highest BCUT2D eigenvalue weighted by Crippen LogP contribution is 2.23. The van der Waals surface area contributed by atoms with E-state index in [0.717, 1.165) is 10.6 Å². The van der Waals surface area contributed by atoms with E-state index in [4.69, 9.17) is 0 Å². The Morgan fingerprint density at radius 1 is 1.19 bits per heavy atom. The van der Waals surface area contributed by atoms with Crippen LogP contribution in [0.15, 0.2) is 30.3 Å². The third kappa shape index (κ3) is 2.89. The minimum Gasteiger partial charge on any atom is -0.324 e. The zero-order valence-corrected chi connectivity index (χ0v) is 15.1. The smallest absolute Gasteiger partial charge is 0.324 e. The van der Waals surface area contributed by atoms with Crippen LogP contribution in [0.4, 0.5) is 9.18 Å². The van der Waals surface area contributed by atoms with E-state index in [1.165, 1.54) is 12.1 Å². The van der Waals surface area contributed by atoms with Crippen molar-refractivity contribution in [1.29, 1.82) is 0 Å². The lowest BCUT2D eigenvalue weighted by Gasteiger charge is -2.15. The van der Waals surface area contributed by atoms with Crippen LogP contribution < -0.4 is 5.32 Å². The molecule has 6 nitrogen and oxygen atoms in total. The van der Waals surface area contributed by atoms with E-state index in [1.54, 1.807) is 43.5 Å². The van der Waals surface area contributed by atoms with Crippen molar-refractivity contribution >= 4 is 17.7 Å². The van der Waals surface area contributed by atoms with Gasteiger partial charge in [-0.1, -0.05) is 6.07 Å². The number of hydrogen-bond acceptors (Lipinski definition) is 3. The number of Topliss-reactive ketones (excluding diaryl/α,β-unsaturated/α-hetero) is 1. The Balaban J connectivity index is 1.91. The maximum Gasteiger partial charge on any atom is 0.325 e. The molecule has 0 saturated carbocycles. The summed E-state index contributed by atoms with van der Waals surface area (Å²) in [7, 11) is 0. The zero-order chi connectivity index (χ0) is 19.2. The number of halogens is 1. The Morgan fingerprint density at radius 3 is 2.46 bits per heavy atom. The first kappa shape index (κ1) is 17.8. The average Bonchev–Trinajstić information content (AvgIpc) is 2.94. The fraction of sp³-hybridized carbons (Fsp3) is 0.316. The first-order chi connectivity index (χ1) is 12.1. The van der Waals surface area contributed by atoms with E-state index in [-0.39, 0.29) is 18.1 Å². The first-order valence-electron chi connectivity index (χ1n) is 8.24. The topological polar surface area (TPSA) is 71.4 Å². The van der Waals surface area contributed by atoms with Gasteiger partial charge in [-0.15, -0.1) is 0 Å². The number of hydrogen-bond donors (Lipinski definition) is 1. The lowest BCUT2D eigenvalue weighted by molar-refractivity contribution is -0.129. The standard InChI is InChI=1S/C19H20FN3O3/c1-11-8-15(12(2)23(11)14-7-5-6-13(20)9-14)16(24)10-22-17(25)19(3,4)21-18(22)26/h5-9H,10H2,1-4H3,(H,21,26). The number of amides is 3. The monoisotopic (exact) mass is 357 g/mol. The number of aromatic nitrogens is 1. The van der Waals surface area contributed by atoms with Crippen molar-refractivity contribution in [1.82, 2.24) is 14.8 Å². The molecule has 0 aliphatic carbocycles. The summed E-state index contributed by atoms with van der Waals surface area (Å²) < 4.78 is 15.3. The van der Waals surface area contributed by atoms with Crippen LogP contribution in [-0.2, 0) is 4.79 Å². The van der Waals surface area contributed by atoms with Gasteiger partial charge in [-0.2, -0.15) is 0 Å². The van der Waals surface area contributed by atoms with Crippen LogP contribution in [0.25, 0.3) is 5.69 Å². The molecule has 1 N–H and O–H groups in total. The molecule has 2 heterocycles. The van der Waals surface area contributed by atoms with Gasteiger partial charge >= 0.3 is 6.03 Å². The van der Waals surface area contributed by atoms with Crippen molar-refractivity contribution < 1.29 is 18.8 Å². The minimum absolute atomic E-state index is 0.332. The second-order valence-electron chi connectivity index (χ2n) is 6.97. The van der Waals surface area contributed by atoms with Crippen molar-refractivity contribution in [3.63, 3.8) is 0 Å². The largest absolute Gasteiger partial charge is 0.325 e. The number of imide groups is 1. The van der Waals surface area contributed by atoms with Crippen LogP contribution >= 0.6 is 0 Å². The van der Waals surface area contributed by atoms with Crippen molar-refractivity contribution in [2.45, 2.75) is 33.2 Å². The van der Waals surface area contributed by atoms with Crippen molar-refractivity contribution in [2.24, 2.45) is 0 Å². The number of rotatable bonds is 4. The van der Waals surface area contributed by atoms with Gasteiger partial charge < -0.3 is 9.88 Å². The van der Waals surface area contributed by atoms with E-state index in [0.29, 0.717) is 16.9 Å². The van der Waals surface area contributed by atoms with E-state index >= 15 is 0 Å². The molecule has 0 radical (unpaired) electrons. The number of aryl methyl sites for hydroxylation is 1. The number of carbonyl (C=O) groups excluding carboxylic acids is 3. The molecule has 3 rings (SSSR count). The van der Waals surface area contributed by atoms with Crippen LogP contribution in [0.3, 0.4) is 0 Å². The van der Waals surface area contributed by atoms with Gasteiger partial charge in [0.25, 0.3) is 5.91 Å². The van der Waals surface area contributed by atoms with Crippen molar-refractivity contribution in [3.05, 3.63) is 53.1 Å². The fourth-order valence-electron chi connectivity index (χ4n) is 3.25. The molecule has 3 amide bonds. The summed E-state index contributed by atoms with van der Waals surface area (Å²) in [5.41, 5.74) is 1.38. The molecule has 1 aliphatic heterocycles. The zero-order valence-electron chi connectivity index (χ0n) is 15.1. The molecule has 0 bridgehead atoms. The summed E-state index contributed by atoms with van der Waals surface area (Å²) in [5.74, 6) is -1.15. The van der Waals surface area contributed by atoms with E-state index < -0.39 is 17.5 Å². The molecule has 136 valence electrons. The molecular formula is C19H20FN3O3. The van der Waals surface area contributed by atoms with Gasteiger partial charge in [-0.25, -0.2) is 9.18 Å². The second kappa shape index (κ2) is 6.09. The Hall–Kier alpha value is -2.96. The molecule has 1 aliphatic rings. The van der Waals surface area contributed by atoms with E-state index in [9.17, 15) is 18.8 Å². The molecule has 7 heteroatoms. The highest BCUT2D eigenvalue weighted by Gasteiger charge is 2.45. The maximum absolute atomic E-state index is 13.5. The summed E-state index contributed by atoms with van der Waals surface area (Å²) in [5, 5.41) is 2.55. The molecule has 2 aromatic rings. The number of benzene rings is 1. The minimum atomic E-state index is -1.02. The average molecular weight is 357 g/mol. The predicted molar refractivity (Wildman–Crippen MR) is 93.9 cm³/mol. The predicted octanol–water partition coefficient (Wildman–Crippen LogP) is 2.75. The lowest BCUT2D eigenvalue weighted by Crippen LogP contribution is -2.41. The van der Waals surface area contributed by atoms with Gasteiger partial charge in [0.05, 0.1) is 6.54 Å². The molecule has 1 aromatic heterocycles. The van der Waals surface area contributed by atoms with Gasteiger partial charge in [0.15, 0.2) is 5.78 Å². The molecule has 1 aromatic carbocycles. The third-order valence-electron chi connectivity index (χ3n) is 4.54. The number of nitrogens with one attached hydrogen (secondary N) is 1. The summed E-state index contributed by atoms with van der Waals surface area (Å²) in [6, 6.07) is 7.19. The molecular weight excluding hydrogens is 337 g/mol. The SMILES string of the molecule is Cc1cc(C(=O)CN2C(=O)NC(C)(C)C2=O)c(C)n1-c1cccc(F)c1.